The molecule has 0 aliphatic carbocycles. The van der Waals surface area contributed by atoms with Gasteiger partial charge in [0.05, 0.1) is 0 Å². The molecular weight excluding hydrogens is 258 g/mol. The second kappa shape index (κ2) is 3.90. The van der Waals surface area contributed by atoms with Crippen LogP contribution in [0.15, 0.2) is 16.7 Å². The zero-order chi connectivity index (χ0) is 11.0. The number of rotatable bonds is 1. The molecule has 2 rings (SSSR count). The molecule has 0 saturated carbocycles. The number of halogens is 1. The molecule has 1 saturated heterocycles. The molecule has 1 atom stereocenters. The molecular formula is C10H12BrN3O. The Bertz CT molecular complexity index is 387. The molecule has 0 bridgehead atoms. The summed E-state index contributed by atoms with van der Waals surface area (Å²) in [7, 11) is 0. The predicted molar refractivity (Wildman–Crippen MR) is 61.6 cm³/mol. The van der Waals surface area contributed by atoms with Crippen LogP contribution in [0.2, 0.25) is 0 Å². The van der Waals surface area contributed by atoms with Crippen LogP contribution < -0.4 is 10.6 Å². The SMILES string of the molecule is Cc1cc(Br)nc(N2CC(N)CC2=O)c1. The highest BCUT2D eigenvalue weighted by Gasteiger charge is 2.28. The molecule has 1 aromatic heterocycles. The highest BCUT2D eigenvalue weighted by molar-refractivity contribution is 9.10. The van der Waals surface area contributed by atoms with Crippen molar-refractivity contribution < 1.29 is 4.79 Å². The van der Waals surface area contributed by atoms with Crippen LogP contribution in [0.3, 0.4) is 0 Å². The lowest BCUT2D eigenvalue weighted by Gasteiger charge is -2.15. The maximum atomic E-state index is 11.6. The highest BCUT2D eigenvalue weighted by atomic mass is 79.9. The van der Waals surface area contributed by atoms with E-state index in [-0.39, 0.29) is 11.9 Å². The fraction of sp³-hybridized carbons (Fsp3) is 0.400. The van der Waals surface area contributed by atoms with Crippen molar-refractivity contribution in [2.75, 3.05) is 11.4 Å². The van der Waals surface area contributed by atoms with Gasteiger partial charge in [0, 0.05) is 19.0 Å². The number of carbonyl (C=O) groups excluding carboxylic acids is 1. The summed E-state index contributed by atoms with van der Waals surface area (Å²) < 4.78 is 0.741. The van der Waals surface area contributed by atoms with Gasteiger partial charge in [0.15, 0.2) is 0 Å². The Balaban J connectivity index is 2.33. The molecule has 0 spiro atoms. The minimum absolute atomic E-state index is 0.0486. The van der Waals surface area contributed by atoms with Crippen molar-refractivity contribution in [2.45, 2.75) is 19.4 Å². The maximum absolute atomic E-state index is 11.6. The van der Waals surface area contributed by atoms with Gasteiger partial charge in [0.2, 0.25) is 5.91 Å². The number of nitrogens with two attached hydrogens (primary N) is 1. The molecule has 1 aliphatic heterocycles. The number of nitrogens with zero attached hydrogens (tertiary/aromatic N) is 2. The van der Waals surface area contributed by atoms with Crippen molar-refractivity contribution in [2.24, 2.45) is 5.73 Å². The first-order valence-electron chi connectivity index (χ1n) is 4.76. The van der Waals surface area contributed by atoms with Gasteiger partial charge in [-0.1, -0.05) is 0 Å². The first kappa shape index (κ1) is 10.6. The number of anilines is 1. The van der Waals surface area contributed by atoms with Gasteiger partial charge in [-0.2, -0.15) is 0 Å². The molecule has 80 valence electrons. The van der Waals surface area contributed by atoms with E-state index in [4.69, 9.17) is 5.73 Å². The minimum Gasteiger partial charge on any atom is -0.326 e. The molecule has 15 heavy (non-hydrogen) atoms. The van der Waals surface area contributed by atoms with E-state index in [0.29, 0.717) is 18.8 Å². The van der Waals surface area contributed by atoms with Gasteiger partial charge in [-0.05, 0) is 40.5 Å². The van der Waals surface area contributed by atoms with Crippen LogP contribution >= 0.6 is 15.9 Å². The number of pyridine rings is 1. The van der Waals surface area contributed by atoms with Crippen molar-refractivity contribution in [3.63, 3.8) is 0 Å². The standard InChI is InChI=1S/C10H12BrN3O/c1-6-2-8(11)13-9(3-6)14-5-7(12)4-10(14)15/h2-3,7H,4-5,12H2,1H3. The zero-order valence-corrected chi connectivity index (χ0v) is 9.99. The first-order valence-corrected chi connectivity index (χ1v) is 5.55. The molecule has 0 aromatic carbocycles. The van der Waals surface area contributed by atoms with Crippen LogP contribution in [0.25, 0.3) is 0 Å². The Labute approximate surface area is 96.6 Å². The van der Waals surface area contributed by atoms with Gasteiger partial charge in [-0.25, -0.2) is 4.98 Å². The molecule has 1 aliphatic rings. The molecule has 2 heterocycles. The highest BCUT2D eigenvalue weighted by Crippen LogP contribution is 2.22. The molecule has 0 radical (unpaired) electrons. The molecule has 2 N–H and O–H groups in total. The number of amides is 1. The summed E-state index contributed by atoms with van der Waals surface area (Å²) in [4.78, 5) is 17.5. The van der Waals surface area contributed by atoms with Gasteiger partial charge < -0.3 is 5.73 Å². The summed E-state index contributed by atoms with van der Waals surface area (Å²) in [6.07, 6.45) is 0.410. The Morgan fingerprint density at radius 2 is 2.33 bits per heavy atom. The largest absolute Gasteiger partial charge is 0.326 e. The lowest BCUT2D eigenvalue weighted by Crippen LogP contribution is -2.28. The predicted octanol–water partition coefficient (Wildman–Crippen LogP) is 1.22. The van der Waals surface area contributed by atoms with E-state index >= 15 is 0 Å². The second-order valence-corrected chi connectivity index (χ2v) is 4.61. The van der Waals surface area contributed by atoms with Gasteiger partial charge in [-0.15, -0.1) is 0 Å². The van der Waals surface area contributed by atoms with Gasteiger partial charge in [0.1, 0.15) is 10.4 Å². The summed E-state index contributed by atoms with van der Waals surface area (Å²) in [5.74, 6) is 0.729. The Morgan fingerprint density at radius 3 is 2.87 bits per heavy atom. The Morgan fingerprint density at radius 1 is 1.60 bits per heavy atom. The van der Waals surface area contributed by atoms with Crippen LogP contribution in [-0.2, 0) is 4.79 Å². The molecule has 1 unspecified atom stereocenters. The van der Waals surface area contributed by atoms with Gasteiger partial charge in [-0.3, -0.25) is 9.69 Å². The number of carbonyl (C=O) groups is 1. The third-order valence-corrected chi connectivity index (χ3v) is 2.76. The minimum atomic E-state index is -0.0708. The second-order valence-electron chi connectivity index (χ2n) is 3.79. The van der Waals surface area contributed by atoms with Crippen LogP contribution in [-0.4, -0.2) is 23.5 Å². The molecule has 1 amide bonds. The molecule has 1 aromatic rings. The van der Waals surface area contributed by atoms with Crippen molar-refractivity contribution in [1.29, 1.82) is 0 Å². The quantitative estimate of drug-likeness (QED) is 0.780. The van der Waals surface area contributed by atoms with E-state index in [1.165, 1.54) is 0 Å². The van der Waals surface area contributed by atoms with Crippen LogP contribution in [0.5, 0.6) is 0 Å². The summed E-state index contributed by atoms with van der Waals surface area (Å²) in [5.41, 5.74) is 6.80. The number of aryl methyl sites for hydroxylation is 1. The maximum Gasteiger partial charge on any atom is 0.229 e. The van der Waals surface area contributed by atoms with E-state index in [1.807, 2.05) is 19.1 Å². The van der Waals surface area contributed by atoms with E-state index in [9.17, 15) is 4.79 Å². The zero-order valence-electron chi connectivity index (χ0n) is 8.40. The van der Waals surface area contributed by atoms with Crippen molar-refractivity contribution in [3.8, 4) is 0 Å². The lowest BCUT2D eigenvalue weighted by molar-refractivity contribution is -0.117. The average Bonchev–Trinajstić information content (AvgIpc) is 2.43. The van der Waals surface area contributed by atoms with E-state index < -0.39 is 0 Å². The molecule has 1 fully saturated rings. The smallest absolute Gasteiger partial charge is 0.229 e. The van der Waals surface area contributed by atoms with Crippen molar-refractivity contribution in [1.82, 2.24) is 4.98 Å². The summed E-state index contributed by atoms with van der Waals surface area (Å²) in [6, 6.07) is 3.73. The van der Waals surface area contributed by atoms with Gasteiger partial charge >= 0.3 is 0 Å². The average molecular weight is 270 g/mol. The Hall–Kier alpha value is -0.940. The van der Waals surface area contributed by atoms with Crippen molar-refractivity contribution >= 4 is 27.7 Å². The topological polar surface area (TPSA) is 59.2 Å². The summed E-state index contributed by atoms with van der Waals surface area (Å²) >= 11 is 3.31. The van der Waals surface area contributed by atoms with Crippen LogP contribution in [0.1, 0.15) is 12.0 Å². The molecule has 5 heteroatoms. The number of hydrogen-bond donors (Lipinski definition) is 1. The van der Waals surface area contributed by atoms with E-state index in [2.05, 4.69) is 20.9 Å². The van der Waals surface area contributed by atoms with Crippen LogP contribution in [0.4, 0.5) is 5.82 Å². The number of aromatic nitrogens is 1. The van der Waals surface area contributed by atoms with E-state index in [1.54, 1.807) is 4.90 Å². The third-order valence-electron chi connectivity index (χ3n) is 2.36. The van der Waals surface area contributed by atoms with Gasteiger partial charge in [0.25, 0.3) is 0 Å². The monoisotopic (exact) mass is 269 g/mol. The fourth-order valence-electron chi connectivity index (χ4n) is 1.70. The summed E-state index contributed by atoms with van der Waals surface area (Å²) in [6.45, 7) is 2.53. The molecule has 4 nitrogen and oxygen atoms in total. The lowest BCUT2D eigenvalue weighted by atomic mass is 10.3. The van der Waals surface area contributed by atoms with Crippen molar-refractivity contribution in [3.05, 3.63) is 22.3 Å². The Kier molecular flexibility index (Phi) is 2.75. The fourth-order valence-corrected chi connectivity index (χ4v) is 2.24. The van der Waals surface area contributed by atoms with Crippen LogP contribution in [0, 0.1) is 6.92 Å². The third kappa shape index (κ3) is 2.18. The van der Waals surface area contributed by atoms with E-state index in [0.717, 1.165) is 10.2 Å². The summed E-state index contributed by atoms with van der Waals surface area (Å²) in [5, 5.41) is 0. The normalized spacial score (nSPS) is 21.1. The number of hydrogen-bond acceptors (Lipinski definition) is 3. The first-order chi connectivity index (χ1) is 7.06.